The van der Waals surface area contributed by atoms with Gasteiger partial charge in [0, 0.05) is 24.8 Å². The summed E-state index contributed by atoms with van der Waals surface area (Å²) in [5.41, 5.74) is 0.167. The number of hydrogen-bond acceptors (Lipinski definition) is 6. The van der Waals surface area contributed by atoms with Gasteiger partial charge in [-0.3, -0.25) is 10.1 Å². The zero-order valence-electron chi connectivity index (χ0n) is 11.6. The van der Waals surface area contributed by atoms with Crippen LogP contribution in [0.1, 0.15) is 12.0 Å². The Bertz CT molecular complexity index is 587. The highest BCUT2D eigenvalue weighted by atomic mass is 32.2. The second kappa shape index (κ2) is 8.03. The lowest BCUT2D eigenvalue weighted by Crippen LogP contribution is -2.25. The van der Waals surface area contributed by atoms with E-state index in [4.69, 9.17) is 9.84 Å². The van der Waals surface area contributed by atoms with E-state index in [1.807, 2.05) is 0 Å². The Kier molecular flexibility index (Phi) is 6.69. The highest BCUT2D eigenvalue weighted by molar-refractivity contribution is 7.89. The van der Waals surface area contributed by atoms with Gasteiger partial charge in [0.15, 0.2) is 0 Å². The van der Waals surface area contributed by atoms with Crippen LogP contribution < -0.4 is 4.72 Å². The van der Waals surface area contributed by atoms with Crippen LogP contribution in [0.15, 0.2) is 23.1 Å². The summed E-state index contributed by atoms with van der Waals surface area (Å²) >= 11 is 0. The Labute approximate surface area is 122 Å². The van der Waals surface area contributed by atoms with Crippen molar-refractivity contribution >= 4 is 15.7 Å². The van der Waals surface area contributed by atoms with Gasteiger partial charge in [-0.05, 0) is 19.4 Å². The van der Waals surface area contributed by atoms with Gasteiger partial charge in [0.1, 0.15) is 0 Å². The summed E-state index contributed by atoms with van der Waals surface area (Å²) in [5.74, 6) is 0. The fourth-order valence-corrected chi connectivity index (χ4v) is 2.68. The van der Waals surface area contributed by atoms with Crippen LogP contribution in [-0.4, -0.2) is 44.8 Å². The quantitative estimate of drug-likeness (QED) is 0.390. The molecule has 1 aromatic carbocycles. The number of aliphatic hydroxyl groups is 1. The lowest BCUT2D eigenvalue weighted by molar-refractivity contribution is -0.385. The summed E-state index contributed by atoms with van der Waals surface area (Å²) in [4.78, 5) is 10.1. The number of nitrogens with zero attached hydrogens (tertiary/aromatic N) is 1. The number of rotatable bonds is 9. The van der Waals surface area contributed by atoms with Crippen molar-refractivity contribution in [1.82, 2.24) is 4.72 Å². The molecule has 0 saturated heterocycles. The van der Waals surface area contributed by atoms with Crippen LogP contribution in [-0.2, 0) is 14.8 Å². The molecule has 0 radical (unpaired) electrons. The predicted octanol–water partition coefficient (Wildman–Crippen LogP) is 0.581. The Morgan fingerprint density at radius 1 is 1.38 bits per heavy atom. The number of sulfonamides is 1. The van der Waals surface area contributed by atoms with Gasteiger partial charge < -0.3 is 9.84 Å². The van der Waals surface area contributed by atoms with E-state index in [0.29, 0.717) is 18.6 Å². The van der Waals surface area contributed by atoms with Gasteiger partial charge in [-0.25, -0.2) is 13.1 Å². The second-order valence-electron chi connectivity index (χ2n) is 4.29. The van der Waals surface area contributed by atoms with E-state index in [9.17, 15) is 18.5 Å². The molecule has 8 nitrogen and oxygen atoms in total. The number of nitro benzene ring substituents is 1. The van der Waals surface area contributed by atoms with Crippen LogP contribution >= 0.6 is 0 Å². The van der Waals surface area contributed by atoms with Gasteiger partial charge in [-0.15, -0.1) is 0 Å². The van der Waals surface area contributed by atoms with Gasteiger partial charge in [0.2, 0.25) is 10.0 Å². The zero-order chi connectivity index (χ0) is 15.9. The van der Waals surface area contributed by atoms with E-state index in [-0.39, 0.29) is 30.3 Å². The maximum atomic E-state index is 12.0. The van der Waals surface area contributed by atoms with Crippen molar-refractivity contribution in [2.45, 2.75) is 18.2 Å². The smallest absolute Gasteiger partial charge is 0.273 e. The van der Waals surface area contributed by atoms with Crippen LogP contribution in [0, 0.1) is 17.0 Å². The number of hydrogen-bond donors (Lipinski definition) is 2. The first-order chi connectivity index (χ1) is 9.88. The summed E-state index contributed by atoms with van der Waals surface area (Å²) in [6.45, 7) is 2.13. The van der Waals surface area contributed by atoms with Crippen molar-refractivity contribution in [3.05, 3.63) is 33.9 Å². The van der Waals surface area contributed by atoms with Crippen molar-refractivity contribution < 1.29 is 23.2 Å². The molecule has 0 aliphatic carbocycles. The summed E-state index contributed by atoms with van der Waals surface area (Å²) in [5, 5.41) is 19.3. The third kappa shape index (κ3) is 5.38. The molecule has 0 saturated carbocycles. The van der Waals surface area contributed by atoms with E-state index in [1.165, 1.54) is 12.1 Å². The van der Waals surface area contributed by atoms with E-state index in [2.05, 4.69) is 4.72 Å². The lowest BCUT2D eigenvalue weighted by atomic mass is 10.2. The second-order valence-corrected chi connectivity index (χ2v) is 6.06. The van der Waals surface area contributed by atoms with Crippen molar-refractivity contribution in [3.8, 4) is 0 Å². The van der Waals surface area contributed by atoms with Crippen LogP contribution in [0.4, 0.5) is 5.69 Å². The molecule has 9 heteroatoms. The minimum atomic E-state index is -3.79. The molecule has 0 aliphatic rings. The standard InChI is InChI=1S/C12H18N2O6S/c1-10-3-4-11(9-12(10)14(16)17)21(18,19)13-5-2-7-20-8-6-15/h3-4,9,13,15H,2,5-8H2,1H3. The highest BCUT2D eigenvalue weighted by Gasteiger charge is 2.19. The molecule has 21 heavy (non-hydrogen) atoms. The Morgan fingerprint density at radius 2 is 2.10 bits per heavy atom. The molecule has 0 amide bonds. The molecule has 0 heterocycles. The van der Waals surface area contributed by atoms with Crippen molar-refractivity contribution in [1.29, 1.82) is 0 Å². The van der Waals surface area contributed by atoms with Crippen molar-refractivity contribution in [3.63, 3.8) is 0 Å². The lowest BCUT2D eigenvalue weighted by Gasteiger charge is -2.07. The molecule has 0 atom stereocenters. The molecule has 0 aromatic heterocycles. The van der Waals surface area contributed by atoms with Gasteiger partial charge in [-0.1, -0.05) is 6.07 Å². The maximum Gasteiger partial charge on any atom is 0.273 e. The SMILES string of the molecule is Cc1ccc(S(=O)(=O)NCCCOCCO)cc1[N+](=O)[O-]. The first kappa shape index (κ1) is 17.5. The molecule has 1 aromatic rings. The van der Waals surface area contributed by atoms with Crippen LogP contribution in [0.2, 0.25) is 0 Å². The molecule has 118 valence electrons. The fourth-order valence-electron chi connectivity index (χ4n) is 1.58. The number of nitrogens with one attached hydrogen (secondary N) is 1. The minimum absolute atomic E-state index is 0.0846. The molecular formula is C12H18N2O6S. The Balaban J connectivity index is 2.66. The predicted molar refractivity (Wildman–Crippen MR) is 75.5 cm³/mol. The molecule has 0 aliphatic heterocycles. The number of nitro groups is 1. The summed E-state index contributed by atoms with van der Waals surface area (Å²) < 4.78 is 31.3. The average Bonchev–Trinajstić information content (AvgIpc) is 2.42. The first-order valence-corrected chi connectivity index (χ1v) is 7.80. The Hall–Kier alpha value is -1.55. The summed E-state index contributed by atoms with van der Waals surface area (Å²) in [6.07, 6.45) is 0.438. The number of aryl methyl sites for hydroxylation is 1. The van der Waals surface area contributed by atoms with Gasteiger partial charge >= 0.3 is 0 Å². The molecule has 0 unspecified atom stereocenters. The minimum Gasteiger partial charge on any atom is -0.394 e. The van der Waals surface area contributed by atoms with Gasteiger partial charge in [-0.2, -0.15) is 0 Å². The molecule has 0 bridgehead atoms. The molecule has 0 fully saturated rings. The van der Waals surface area contributed by atoms with Gasteiger partial charge in [0.25, 0.3) is 5.69 Å². The third-order valence-electron chi connectivity index (χ3n) is 2.68. The Morgan fingerprint density at radius 3 is 2.71 bits per heavy atom. The first-order valence-electron chi connectivity index (χ1n) is 6.32. The number of ether oxygens (including phenoxy) is 1. The van der Waals surface area contributed by atoms with Crippen LogP contribution in [0.3, 0.4) is 0 Å². The maximum absolute atomic E-state index is 12.0. The fraction of sp³-hybridized carbons (Fsp3) is 0.500. The van der Waals surface area contributed by atoms with E-state index in [0.717, 1.165) is 6.07 Å². The number of benzene rings is 1. The van der Waals surface area contributed by atoms with Gasteiger partial charge in [0.05, 0.1) is 23.0 Å². The average molecular weight is 318 g/mol. The zero-order valence-corrected chi connectivity index (χ0v) is 12.4. The topological polar surface area (TPSA) is 119 Å². The third-order valence-corrected chi connectivity index (χ3v) is 4.14. The van der Waals surface area contributed by atoms with Crippen molar-refractivity contribution in [2.24, 2.45) is 0 Å². The number of aliphatic hydroxyl groups excluding tert-OH is 1. The van der Waals surface area contributed by atoms with E-state index < -0.39 is 14.9 Å². The van der Waals surface area contributed by atoms with Crippen LogP contribution in [0.25, 0.3) is 0 Å². The molecule has 2 N–H and O–H groups in total. The van der Waals surface area contributed by atoms with E-state index in [1.54, 1.807) is 6.92 Å². The largest absolute Gasteiger partial charge is 0.394 e. The van der Waals surface area contributed by atoms with E-state index >= 15 is 0 Å². The molecule has 0 spiro atoms. The normalized spacial score (nSPS) is 11.5. The monoisotopic (exact) mass is 318 g/mol. The van der Waals surface area contributed by atoms with Crippen LogP contribution in [0.5, 0.6) is 0 Å². The highest BCUT2D eigenvalue weighted by Crippen LogP contribution is 2.21. The molecule has 1 rings (SSSR count). The summed E-state index contributed by atoms with van der Waals surface area (Å²) in [7, 11) is -3.79. The van der Waals surface area contributed by atoms with Crippen molar-refractivity contribution in [2.75, 3.05) is 26.4 Å². The molecular weight excluding hydrogens is 300 g/mol. The summed E-state index contributed by atoms with van der Waals surface area (Å²) in [6, 6.07) is 3.77.